The van der Waals surface area contributed by atoms with E-state index in [1.807, 2.05) is 31.2 Å². The number of hydrogen-bond acceptors (Lipinski definition) is 3. The number of carbonyl (C=O) groups is 2. The molecule has 0 unspecified atom stereocenters. The molecule has 0 saturated carbocycles. The predicted molar refractivity (Wildman–Crippen MR) is 95.6 cm³/mol. The summed E-state index contributed by atoms with van der Waals surface area (Å²) in [4.78, 5) is 27.0. The van der Waals surface area contributed by atoms with Crippen LogP contribution in [-0.4, -0.2) is 23.4 Å². The van der Waals surface area contributed by atoms with E-state index in [9.17, 15) is 9.59 Å². The van der Waals surface area contributed by atoms with E-state index in [0.29, 0.717) is 16.3 Å². The fourth-order valence-electron chi connectivity index (χ4n) is 2.35. The minimum Gasteiger partial charge on any atom is -0.484 e. The predicted octanol–water partition coefficient (Wildman–Crippen LogP) is 2.97. The van der Waals surface area contributed by atoms with Gasteiger partial charge in [-0.05, 0) is 36.8 Å². The first kappa shape index (κ1) is 16.9. The van der Waals surface area contributed by atoms with E-state index in [1.54, 1.807) is 24.4 Å². The number of hydrazine groups is 1. The van der Waals surface area contributed by atoms with Crippen molar-refractivity contribution in [1.29, 1.82) is 0 Å². The number of hydrogen-bond donors (Lipinski definition) is 3. The van der Waals surface area contributed by atoms with Crippen LogP contribution in [0.3, 0.4) is 0 Å². The normalized spacial score (nSPS) is 10.5. The number of rotatable bonds is 4. The Kier molecular flexibility index (Phi) is 4.90. The molecule has 0 bridgehead atoms. The molecular weight excluding hydrogens is 342 g/mol. The number of ether oxygens (including phenoxy) is 1. The first-order valence-electron chi connectivity index (χ1n) is 7.59. The van der Waals surface area contributed by atoms with Crippen molar-refractivity contribution < 1.29 is 14.3 Å². The molecule has 0 saturated heterocycles. The van der Waals surface area contributed by atoms with E-state index in [0.717, 1.165) is 16.5 Å². The molecule has 3 aromatic rings. The summed E-state index contributed by atoms with van der Waals surface area (Å²) in [6.07, 6.45) is 1.60. The van der Waals surface area contributed by atoms with Crippen molar-refractivity contribution in [3.63, 3.8) is 0 Å². The molecule has 0 radical (unpaired) electrons. The van der Waals surface area contributed by atoms with Gasteiger partial charge in [-0.1, -0.05) is 29.8 Å². The maximum Gasteiger partial charge on any atom is 0.276 e. The molecule has 1 aromatic heterocycles. The number of nitrogens with one attached hydrogen (secondary N) is 3. The molecule has 7 heteroatoms. The average molecular weight is 358 g/mol. The van der Waals surface area contributed by atoms with Gasteiger partial charge < -0.3 is 9.72 Å². The van der Waals surface area contributed by atoms with Crippen molar-refractivity contribution in [1.82, 2.24) is 15.8 Å². The van der Waals surface area contributed by atoms with E-state index < -0.39 is 11.8 Å². The van der Waals surface area contributed by atoms with Crippen LogP contribution in [0.15, 0.2) is 48.7 Å². The highest BCUT2D eigenvalue weighted by Crippen LogP contribution is 2.21. The van der Waals surface area contributed by atoms with Gasteiger partial charge in [-0.25, -0.2) is 0 Å². The van der Waals surface area contributed by atoms with Gasteiger partial charge in [0.15, 0.2) is 6.61 Å². The number of halogens is 1. The van der Waals surface area contributed by atoms with Gasteiger partial charge in [-0.15, -0.1) is 0 Å². The Morgan fingerprint density at radius 3 is 2.76 bits per heavy atom. The number of benzene rings is 2. The molecule has 1 heterocycles. The monoisotopic (exact) mass is 357 g/mol. The van der Waals surface area contributed by atoms with Gasteiger partial charge >= 0.3 is 0 Å². The molecule has 0 atom stereocenters. The Morgan fingerprint density at radius 2 is 1.96 bits per heavy atom. The van der Waals surface area contributed by atoms with Crippen LogP contribution in [0.5, 0.6) is 5.75 Å². The highest BCUT2D eigenvalue weighted by Gasteiger charge is 2.12. The van der Waals surface area contributed by atoms with Crippen molar-refractivity contribution in [2.24, 2.45) is 0 Å². The van der Waals surface area contributed by atoms with Gasteiger partial charge in [0.1, 0.15) is 5.75 Å². The van der Waals surface area contributed by atoms with Gasteiger partial charge in [-0.3, -0.25) is 20.4 Å². The molecule has 2 amide bonds. The quantitative estimate of drug-likeness (QED) is 0.628. The van der Waals surface area contributed by atoms with Crippen LogP contribution in [0.2, 0.25) is 5.02 Å². The van der Waals surface area contributed by atoms with Crippen molar-refractivity contribution in [3.8, 4) is 5.75 Å². The van der Waals surface area contributed by atoms with E-state index in [1.165, 1.54) is 0 Å². The molecule has 3 N–H and O–H groups in total. The molecule has 2 aromatic carbocycles. The zero-order valence-corrected chi connectivity index (χ0v) is 14.2. The third kappa shape index (κ3) is 3.92. The summed E-state index contributed by atoms with van der Waals surface area (Å²) >= 11 is 5.93. The second-order valence-corrected chi connectivity index (χ2v) is 5.86. The summed E-state index contributed by atoms with van der Waals surface area (Å²) < 4.78 is 5.37. The van der Waals surface area contributed by atoms with Crippen molar-refractivity contribution >= 4 is 34.3 Å². The van der Waals surface area contributed by atoms with E-state index in [-0.39, 0.29) is 6.61 Å². The minimum atomic E-state index is -0.471. The molecule has 0 aliphatic rings. The lowest BCUT2D eigenvalue weighted by Gasteiger charge is -2.09. The highest BCUT2D eigenvalue weighted by molar-refractivity contribution is 6.31. The molecule has 25 heavy (non-hydrogen) atoms. The number of aromatic nitrogens is 1. The summed E-state index contributed by atoms with van der Waals surface area (Å²) in [5.41, 5.74) is 6.85. The molecule has 0 spiro atoms. The molecule has 3 rings (SSSR count). The van der Waals surface area contributed by atoms with Crippen LogP contribution < -0.4 is 15.6 Å². The first-order chi connectivity index (χ1) is 12.0. The lowest BCUT2D eigenvalue weighted by molar-refractivity contribution is -0.123. The van der Waals surface area contributed by atoms with Gasteiger partial charge in [0.2, 0.25) is 0 Å². The third-order valence-corrected chi connectivity index (χ3v) is 4.07. The minimum absolute atomic E-state index is 0.227. The van der Waals surface area contributed by atoms with Crippen LogP contribution in [0.25, 0.3) is 10.9 Å². The summed E-state index contributed by atoms with van der Waals surface area (Å²) in [7, 11) is 0. The van der Waals surface area contributed by atoms with Crippen LogP contribution >= 0.6 is 11.6 Å². The highest BCUT2D eigenvalue weighted by atomic mass is 35.5. The van der Waals surface area contributed by atoms with Crippen LogP contribution in [0, 0.1) is 6.92 Å². The summed E-state index contributed by atoms with van der Waals surface area (Å²) in [5, 5.41) is 1.41. The van der Waals surface area contributed by atoms with E-state index >= 15 is 0 Å². The second-order valence-electron chi connectivity index (χ2n) is 5.45. The smallest absolute Gasteiger partial charge is 0.276 e. The van der Waals surface area contributed by atoms with Crippen LogP contribution in [-0.2, 0) is 4.79 Å². The Balaban J connectivity index is 1.53. The standard InChI is InChI=1S/C18H16ClN3O3/c1-11-8-12(6-7-15(11)19)25-10-17(23)21-22-18(24)14-9-20-16-5-3-2-4-13(14)16/h2-9,20H,10H2,1H3,(H,21,23)(H,22,24). The fraction of sp³-hybridized carbons (Fsp3) is 0.111. The lowest BCUT2D eigenvalue weighted by atomic mass is 10.2. The number of H-pyrrole nitrogens is 1. The van der Waals surface area contributed by atoms with Crippen molar-refractivity contribution in [2.45, 2.75) is 6.92 Å². The van der Waals surface area contributed by atoms with Crippen molar-refractivity contribution in [2.75, 3.05) is 6.61 Å². The number of para-hydroxylation sites is 1. The van der Waals surface area contributed by atoms with Crippen LogP contribution in [0.1, 0.15) is 15.9 Å². The number of fused-ring (bicyclic) bond motifs is 1. The molecule has 6 nitrogen and oxygen atoms in total. The molecule has 0 aliphatic heterocycles. The fourth-order valence-corrected chi connectivity index (χ4v) is 2.46. The number of aromatic amines is 1. The molecular formula is C18H16ClN3O3. The molecule has 0 fully saturated rings. The van der Waals surface area contributed by atoms with Gasteiger partial charge in [0.05, 0.1) is 5.56 Å². The summed E-state index contributed by atoms with van der Waals surface area (Å²) in [6.45, 7) is 1.62. The molecule has 0 aliphatic carbocycles. The third-order valence-electron chi connectivity index (χ3n) is 3.65. The van der Waals surface area contributed by atoms with E-state index in [4.69, 9.17) is 16.3 Å². The summed E-state index contributed by atoms with van der Waals surface area (Å²) in [5.74, 6) is -0.353. The van der Waals surface area contributed by atoms with E-state index in [2.05, 4.69) is 15.8 Å². The topological polar surface area (TPSA) is 83.2 Å². The zero-order chi connectivity index (χ0) is 17.8. The van der Waals surface area contributed by atoms with Crippen LogP contribution in [0.4, 0.5) is 0 Å². The Morgan fingerprint density at radius 1 is 1.16 bits per heavy atom. The maximum atomic E-state index is 12.2. The second kappa shape index (κ2) is 7.27. The summed E-state index contributed by atoms with van der Waals surface area (Å²) in [6, 6.07) is 12.5. The maximum absolute atomic E-state index is 12.2. The van der Waals surface area contributed by atoms with Crippen molar-refractivity contribution in [3.05, 3.63) is 64.8 Å². The zero-order valence-electron chi connectivity index (χ0n) is 13.4. The van der Waals surface area contributed by atoms with Gasteiger partial charge in [-0.2, -0.15) is 0 Å². The Hall–Kier alpha value is -2.99. The largest absolute Gasteiger partial charge is 0.484 e. The number of aryl methyl sites for hydroxylation is 1. The number of carbonyl (C=O) groups excluding carboxylic acids is 2. The number of amides is 2. The first-order valence-corrected chi connectivity index (χ1v) is 7.96. The Bertz CT molecular complexity index is 936. The molecule has 128 valence electrons. The average Bonchev–Trinajstić information content (AvgIpc) is 3.05. The SMILES string of the molecule is Cc1cc(OCC(=O)NNC(=O)c2c[nH]c3ccccc23)ccc1Cl. The lowest BCUT2D eigenvalue weighted by Crippen LogP contribution is -2.43. The van der Waals surface area contributed by atoms with Gasteiger partial charge in [0, 0.05) is 22.1 Å². The Labute approximate surface area is 149 Å². The van der Waals surface area contributed by atoms with Gasteiger partial charge in [0.25, 0.3) is 11.8 Å².